The van der Waals surface area contributed by atoms with E-state index in [9.17, 15) is 4.79 Å². The fourth-order valence-corrected chi connectivity index (χ4v) is 3.36. The Hall–Kier alpha value is -1.91. The van der Waals surface area contributed by atoms with Gasteiger partial charge in [-0.2, -0.15) is 0 Å². The van der Waals surface area contributed by atoms with Gasteiger partial charge in [0.1, 0.15) is 0 Å². The molecule has 0 bridgehead atoms. The molecule has 0 aliphatic rings. The minimum absolute atomic E-state index is 0.0271. The summed E-state index contributed by atoms with van der Waals surface area (Å²) < 4.78 is 1.16. The van der Waals surface area contributed by atoms with Gasteiger partial charge in [0.05, 0.1) is 15.2 Å². The number of thiazole rings is 1. The van der Waals surface area contributed by atoms with Gasteiger partial charge in [0.25, 0.3) is 0 Å². The third-order valence-electron chi connectivity index (χ3n) is 3.28. The van der Waals surface area contributed by atoms with Crippen LogP contribution in [0.4, 0.5) is 0 Å². The molecule has 1 aromatic heterocycles. The number of benzene rings is 2. The molecule has 0 aliphatic heterocycles. The minimum atomic E-state index is 0.0271. The summed E-state index contributed by atoms with van der Waals surface area (Å²) >= 11 is 7.57. The molecule has 0 unspecified atom stereocenters. The van der Waals surface area contributed by atoms with E-state index in [1.165, 1.54) is 0 Å². The van der Waals surface area contributed by atoms with E-state index in [4.69, 9.17) is 11.6 Å². The maximum absolute atomic E-state index is 11.9. The summed E-state index contributed by atoms with van der Waals surface area (Å²) in [7, 11) is 0. The first kappa shape index (κ1) is 15.0. The van der Waals surface area contributed by atoms with Crippen molar-refractivity contribution in [2.75, 3.05) is 0 Å². The van der Waals surface area contributed by atoms with E-state index < -0.39 is 0 Å². The quantitative estimate of drug-likeness (QED) is 0.761. The highest BCUT2D eigenvalue weighted by Crippen LogP contribution is 2.22. The molecule has 0 fully saturated rings. The van der Waals surface area contributed by atoms with Crippen molar-refractivity contribution in [3.8, 4) is 0 Å². The van der Waals surface area contributed by atoms with Gasteiger partial charge in [-0.05, 0) is 29.8 Å². The van der Waals surface area contributed by atoms with E-state index in [-0.39, 0.29) is 5.91 Å². The summed E-state index contributed by atoms with van der Waals surface area (Å²) in [5, 5.41) is 4.59. The molecular weight excluding hydrogens is 316 g/mol. The first-order valence-corrected chi connectivity index (χ1v) is 8.26. The van der Waals surface area contributed by atoms with Gasteiger partial charge in [0, 0.05) is 24.4 Å². The molecule has 3 aromatic rings. The molecule has 0 radical (unpaired) electrons. The van der Waals surface area contributed by atoms with E-state index in [0.717, 1.165) is 20.8 Å². The highest BCUT2D eigenvalue weighted by Gasteiger charge is 2.07. The third kappa shape index (κ3) is 3.84. The summed E-state index contributed by atoms with van der Waals surface area (Å²) in [6, 6.07) is 15.5. The van der Waals surface area contributed by atoms with Gasteiger partial charge in [0.2, 0.25) is 5.91 Å². The zero-order valence-corrected chi connectivity index (χ0v) is 13.5. The molecule has 0 atom stereocenters. The monoisotopic (exact) mass is 330 g/mol. The first-order valence-electron chi connectivity index (χ1n) is 7.06. The Morgan fingerprint density at radius 3 is 2.86 bits per heavy atom. The Balaban J connectivity index is 1.51. The van der Waals surface area contributed by atoms with Gasteiger partial charge in [-0.1, -0.05) is 35.9 Å². The van der Waals surface area contributed by atoms with Crippen LogP contribution in [-0.4, -0.2) is 10.9 Å². The summed E-state index contributed by atoms with van der Waals surface area (Å²) in [6.45, 7) is 0.499. The Labute approximate surface area is 138 Å². The van der Waals surface area contributed by atoms with Crippen molar-refractivity contribution in [1.29, 1.82) is 0 Å². The first-order chi connectivity index (χ1) is 10.7. The standard InChI is InChI=1S/C17H15ClN2OS/c18-13-5-3-4-12(10-13)11-19-16(21)8-9-17-20-14-6-1-2-7-15(14)22-17/h1-7,10H,8-9,11H2,(H,19,21). The number of carbonyl (C=O) groups is 1. The fourth-order valence-electron chi connectivity index (χ4n) is 2.18. The summed E-state index contributed by atoms with van der Waals surface area (Å²) in [4.78, 5) is 16.5. The molecule has 3 rings (SSSR count). The van der Waals surface area contributed by atoms with Crippen LogP contribution in [0.1, 0.15) is 17.0 Å². The van der Waals surface area contributed by atoms with Gasteiger partial charge in [-0.15, -0.1) is 11.3 Å². The lowest BCUT2D eigenvalue weighted by Crippen LogP contribution is -2.22. The van der Waals surface area contributed by atoms with Crippen LogP contribution in [0.3, 0.4) is 0 Å². The van der Waals surface area contributed by atoms with E-state index in [1.54, 1.807) is 11.3 Å². The smallest absolute Gasteiger partial charge is 0.220 e. The Kier molecular flexibility index (Phi) is 4.71. The number of halogens is 1. The van der Waals surface area contributed by atoms with Crippen LogP contribution >= 0.6 is 22.9 Å². The predicted octanol–water partition coefficient (Wildman–Crippen LogP) is 4.20. The highest BCUT2D eigenvalue weighted by molar-refractivity contribution is 7.18. The molecule has 1 amide bonds. The number of aromatic nitrogens is 1. The largest absolute Gasteiger partial charge is 0.352 e. The lowest BCUT2D eigenvalue weighted by atomic mass is 10.2. The number of nitrogens with zero attached hydrogens (tertiary/aromatic N) is 1. The summed E-state index contributed by atoms with van der Waals surface area (Å²) in [5.74, 6) is 0.0271. The lowest BCUT2D eigenvalue weighted by Gasteiger charge is -2.05. The van der Waals surface area contributed by atoms with E-state index in [2.05, 4.69) is 16.4 Å². The van der Waals surface area contributed by atoms with Gasteiger partial charge >= 0.3 is 0 Å². The molecule has 0 saturated heterocycles. The second kappa shape index (κ2) is 6.90. The van der Waals surface area contributed by atoms with Crippen LogP contribution in [0.2, 0.25) is 5.02 Å². The lowest BCUT2D eigenvalue weighted by molar-refractivity contribution is -0.121. The molecule has 3 nitrogen and oxygen atoms in total. The minimum Gasteiger partial charge on any atom is -0.352 e. The molecule has 5 heteroatoms. The number of nitrogens with one attached hydrogen (secondary N) is 1. The number of rotatable bonds is 5. The molecule has 0 aliphatic carbocycles. The van der Waals surface area contributed by atoms with Crippen molar-refractivity contribution in [1.82, 2.24) is 10.3 Å². The number of carbonyl (C=O) groups excluding carboxylic acids is 1. The molecular formula is C17H15ClN2OS. The molecule has 22 heavy (non-hydrogen) atoms. The van der Waals surface area contributed by atoms with Crippen molar-refractivity contribution < 1.29 is 4.79 Å². The number of para-hydroxylation sites is 1. The van der Waals surface area contributed by atoms with Gasteiger partial charge < -0.3 is 5.32 Å². The van der Waals surface area contributed by atoms with Crippen LogP contribution < -0.4 is 5.32 Å². The number of amides is 1. The third-order valence-corrected chi connectivity index (χ3v) is 4.61. The van der Waals surface area contributed by atoms with Crippen molar-refractivity contribution in [3.63, 3.8) is 0 Å². The number of hydrogen-bond donors (Lipinski definition) is 1. The number of fused-ring (bicyclic) bond motifs is 1. The molecule has 1 N–H and O–H groups in total. The maximum Gasteiger partial charge on any atom is 0.220 e. The van der Waals surface area contributed by atoms with Crippen molar-refractivity contribution in [2.45, 2.75) is 19.4 Å². The summed E-state index contributed by atoms with van der Waals surface area (Å²) in [6.07, 6.45) is 1.11. The second-order valence-corrected chi connectivity index (χ2v) is 6.53. The Morgan fingerprint density at radius 2 is 2.05 bits per heavy atom. The van der Waals surface area contributed by atoms with Gasteiger partial charge in [0.15, 0.2) is 0 Å². The molecule has 1 heterocycles. The van der Waals surface area contributed by atoms with Crippen molar-refractivity contribution >= 4 is 39.1 Å². The zero-order chi connectivity index (χ0) is 15.4. The molecule has 0 saturated carbocycles. The highest BCUT2D eigenvalue weighted by atomic mass is 35.5. The van der Waals surface area contributed by atoms with Crippen LogP contribution in [-0.2, 0) is 17.8 Å². The van der Waals surface area contributed by atoms with E-state index in [1.807, 2.05) is 42.5 Å². The molecule has 0 spiro atoms. The van der Waals surface area contributed by atoms with Crippen LogP contribution in [0, 0.1) is 0 Å². The van der Waals surface area contributed by atoms with E-state index in [0.29, 0.717) is 24.4 Å². The van der Waals surface area contributed by atoms with Crippen LogP contribution in [0.25, 0.3) is 10.2 Å². The van der Waals surface area contributed by atoms with Crippen molar-refractivity contribution in [3.05, 3.63) is 64.1 Å². The van der Waals surface area contributed by atoms with Gasteiger partial charge in [-0.25, -0.2) is 4.98 Å². The normalized spacial score (nSPS) is 10.8. The average Bonchev–Trinajstić information content (AvgIpc) is 2.94. The van der Waals surface area contributed by atoms with Crippen LogP contribution in [0.5, 0.6) is 0 Å². The predicted molar refractivity (Wildman–Crippen MR) is 91.2 cm³/mol. The zero-order valence-electron chi connectivity index (χ0n) is 11.9. The topological polar surface area (TPSA) is 42.0 Å². The average molecular weight is 331 g/mol. The Bertz CT molecular complexity index is 767. The number of hydrogen-bond acceptors (Lipinski definition) is 3. The second-order valence-electron chi connectivity index (χ2n) is 4.98. The molecule has 112 valence electrons. The maximum atomic E-state index is 11.9. The van der Waals surface area contributed by atoms with E-state index >= 15 is 0 Å². The number of aryl methyl sites for hydroxylation is 1. The van der Waals surface area contributed by atoms with Crippen LogP contribution in [0.15, 0.2) is 48.5 Å². The molecule has 2 aromatic carbocycles. The SMILES string of the molecule is O=C(CCc1nc2ccccc2s1)NCc1cccc(Cl)c1. The van der Waals surface area contributed by atoms with Gasteiger partial charge in [-0.3, -0.25) is 4.79 Å². The Morgan fingerprint density at radius 1 is 1.18 bits per heavy atom. The fraction of sp³-hybridized carbons (Fsp3) is 0.176. The summed E-state index contributed by atoms with van der Waals surface area (Å²) in [5.41, 5.74) is 2.00. The van der Waals surface area contributed by atoms with Crippen molar-refractivity contribution in [2.24, 2.45) is 0 Å².